The average molecular weight is 249 g/mol. The number of methoxy groups -OCH3 is 1. The first-order valence-electron chi connectivity index (χ1n) is 5.77. The van der Waals surface area contributed by atoms with Gasteiger partial charge in [-0.25, -0.2) is 4.79 Å². The molecule has 0 bridgehead atoms. The second kappa shape index (κ2) is 5.08. The van der Waals surface area contributed by atoms with Crippen LogP contribution in [-0.2, 0) is 16.1 Å². The highest BCUT2D eigenvalue weighted by Gasteiger charge is 2.35. The number of carbonyl (C=O) groups excluding carboxylic acids is 1. The van der Waals surface area contributed by atoms with E-state index in [2.05, 4.69) is 0 Å². The topological polar surface area (TPSA) is 66.8 Å². The zero-order valence-electron chi connectivity index (χ0n) is 10.1. The minimum Gasteiger partial charge on any atom is -0.497 e. The summed E-state index contributed by atoms with van der Waals surface area (Å²) in [6.07, 6.45) is 0.694. The van der Waals surface area contributed by atoms with Gasteiger partial charge in [-0.1, -0.05) is 12.1 Å². The molecule has 18 heavy (non-hydrogen) atoms. The fourth-order valence-electron chi connectivity index (χ4n) is 2.16. The van der Waals surface area contributed by atoms with Crippen molar-refractivity contribution < 1.29 is 19.4 Å². The molecule has 1 aliphatic rings. The van der Waals surface area contributed by atoms with Crippen molar-refractivity contribution in [3.05, 3.63) is 29.8 Å². The van der Waals surface area contributed by atoms with Crippen molar-refractivity contribution in [2.75, 3.05) is 7.11 Å². The normalized spacial score (nSPS) is 19.1. The van der Waals surface area contributed by atoms with Crippen LogP contribution in [0.4, 0.5) is 0 Å². The highest BCUT2D eigenvalue weighted by atomic mass is 16.5. The summed E-state index contributed by atoms with van der Waals surface area (Å²) in [4.78, 5) is 24.1. The Hall–Kier alpha value is -2.04. The Morgan fingerprint density at radius 1 is 1.56 bits per heavy atom. The molecule has 1 heterocycles. The molecule has 1 N–H and O–H groups in total. The molecule has 1 aromatic carbocycles. The third-order valence-corrected chi connectivity index (χ3v) is 3.10. The number of amides is 1. The predicted octanol–water partition coefficient (Wildman–Crippen LogP) is 1.27. The smallest absolute Gasteiger partial charge is 0.326 e. The van der Waals surface area contributed by atoms with Gasteiger partial charge in [0.25, 0.3) is 0 Å². The molecule has 1 fully saturated rings. The van der Waals surface area contributed by atoms with Gasteiger partial charge in [0.1, 0.15) is 11.8 Å². The summed E-state index contributed by atoms with van der Waals surface area (Å²) in [5.41, 5.74) is 0.871. The lowest BCUT2D eigenvalue weighted by Crippen LogP contribution is -2.37. The van der Waals surface area contributed by atoms with Gasteiger partial charge in [0.15, 0.2) is 0 Å². The third kappa shape index (κ3) is 2.45. The van der Waals surface area contributed by atoms with Crippen molar-refractivity contribution in [1.82, 2.24) is 4.90 Å². The number of carboxylic acids is 1. The Balaban J connectivity index is 2.16. The Bertz CT molecular complexity index is 472. The summed E-state index contributed by atoms with van der Waals surface area (Å²) in [5, 5.41) is 9.06. The number of aliphatic carboxylic acids is 1. The summed E-state index contributed by atoms with van der Waals surface area (Å²) in [6.45, 7) is 0.312. The van der Waals surface area contributed by atoms with E-state index in [0.29, 0.717) is 25.1 Å². The first-order valence-corrected chi connectivity index (χ1v) is 5.77. The van der Waals surface area contributed by atoms with Crippen LogP contribution in [0.1, 0.15) is 18.4 Å². The summed E-state index contributed by atoms with van der Waals surface area (Å²) in [6, 6.07) is 6.59. The molecule has 2 rings (SSSR count). The van der Waals surface area contributed by atoms with Crippen molar-refractivity contribution in [3.63, 3.8) is 0 Å². The molecule has 0 unspecified atom stereocenters. The van der Waals surface area contributed by atoms with Gasteiger partial charge in [-0.05, 0) is 24.1 Å². The quantitative estimate of drug-likeness (QED) is 0.872. The van der Waals surface area contributed by atoms with E-state index in [1.54, 1.807) is 7.11 Å². The van der Waals surface area contributed by atoms with Crippen molar-refractivity contribution in [1.29, 1.82) is 0 Å². The van der Waals surface area contributed by atoms with E-state index in [0.717, 1.165) is 5.56 Å². The molecular weight excluding hydrogens is 234 g/mol. The van der Waals surface area contributed by atoms with Crippen LogP contribution in [0.25, 0.3) is 0 Å². The number of carboxylic acid groups (broad SMARTS) is 1. The molecular formula is C13H15NO4. The van der Waals surface area contributed by atoms with Crippen molar-refractivity contribution in [3.8, 4) is 5.75 Å². The van der Waals surface area contributed by atoms with E-state index in [9.17, 15) is 9.59 Å². The first-order chi connectivity index (χ1) is 8.61. The summed E-state index contributed by atoms with van der Waals surface area (Å²) < 4.78 is 5.10. The molecule has 0 aromatic heterocycles. The molecule has 1 aromatic rings. The minimum atomic E-state index is -0.941. The zero-order chi connectivity index (χ0) is 13.1. The minimum absolute atomic E-state index is 0.106. The molecule has 0 saturated carbocycles. The molecule has 96 valence electrons. The molecule has 1 amide bonds. The first kappa shape index (κ1) is 12.4. The van der Waals surface area contributed by atoms with E-state index < -0.39 is 12.0 Å². The lowest BCUT2D eigenvalue weighted by molar-refractivity contribution is -0.146. The Kier molecular flexibility index (Phi) is 3.50. The lowest BCUT2D eigenvalue weighted by Gasteiger charge is -2.21. The maximum atomic E-state index is 11.7. The molecule has 5 nitrogen and oxygen atoms in total. The average Bonchev–Trinajstić information content (AvgIpc) is 2.71. The van der Waals surface area contributed by atoms with Crippen LogP contribution in [0, 0.1) is 0 Å². The van der Waals surface area contributed by atoms with Gasteiger partial charge in [0.05, 0.1) is 7.11 Å². The van der Waals surface area contributed by atoms with E-state index in [1.165, 1.54) is 4.90 Å². The van der Waals surface area contributed by atoms with Crippen LogP contribution in [0.3, 0.4) is 0 Å². The van der Waals surface area contributed by atoms with E-state index in [4.69, 9.17) is 9.84 Å². The van der Waals surface area contributed by atoms with Crippen LogP contribution in [0.2, 0.25) is 0 Å². The second-order valence-electron chi connectivity index (χ2n) is 4.27. The monoisotopic (exact) mass is 249 g/mol. The largest absolute Gasteiger partial charge is 0.497 e. The molecule has 0 aliphatic carbocycles. The van der Waals surface area contributed by atoms with Gasteiger partial charge in [-0.15, -0.1) is 0 Å². The Morgan fingerprint density at radius 2 is 2.33 bits per heavy atom. The Morgan fingerprint density at radius 3 is 3.00 bits per heavy atom. The third-order valence-electron chi connectivity index (χ3n) is 3.10. The van der Waals surface area contributed by atoms with Crippen LogP contribution in [0.15, 0.2) is 24.3 Å². The van der Waals surface area contributed by atoms with Gasteiger partial charge in [0, 0.05) is 13.0 Å². The Labute approximate surface area is 105 Å². The number of nitrogens with zero attached hydrogens (tertiary/aromatic N) is 1. The van der Waals surface area contributed by atoms with Crippen molar-refractivity contribution >= 4 is 11.9 Å². The number of ether oxygens (including phenoxy) is 1. The fourth-order valence-corrected chi connectivity index (χ4v) is 2.16. The van der Waals surface area contributed by atoms with Crippen molar-refractivity contribution in [2.24, 2.45) is 0 Å². The molecule has 1 saturated heterocycles. The number of hydrogen-bond acceptors (Lipinski definition) is 3. The number of carbonyl (C=O) groups is 2. The molecule has 0 radical (unpaired) electrons. The second-order valence-corrected chi connectivity index (χ2v) is 4.27. The molecule has 5 heteroatoms. The van der Waals surface area contributed by atoms with E-state index in [-0.39, 0.29) is 5.91 Å². The van der Waals surface area contributed by atoms with Crippen molar-refractivity contribution in [2.45, 2.75) is 25.4 Å². The van der Waals surface area contributed by atoms with E-state index >= 15 is 0 Å². The van der Waals surface area contributed by atoms with E-state index in [1.807, 2.05) is 24.3 Å². The zero-order valence-corrected chi connectivity index (χ0v) is 10.1. The summed E-state index contributed by atoms with van der Waals surface area (Å²) in [7, 11) is 1.57. The van der Waals surface area contributed by atoms with Crippen LogP contribution >= 0.6 is 0 Å². The molecule has 1 aliphatic heterocycles. The van der Waals surface area contributed by atoms with Gasteiger partial charge in [-0.2, -0.15) is 0 Å². The van der Waals surface area contributed by atoms with Crippen LogP contribution in [0.5, 0.6) is 5.75 Å². The summed E-state index contributed by atoms with van der Waals surface area (Å²) >= 11 is 0. The molecule has 0 spiro atoms. The van der Waals surface area contributed by atoms with Gasteiger partial charge in [0.2, 0.25) is 5.91 Å². The summed E-state index contributed by atoms with van der Waals surface area (Å²) in [5.74, 6) is -0.347. The van der Waals surface area contributed by atoms with Gasteiger partial charge >= 0.3 is 5.97 Å². The predicted molar refractivity (Wildman–Crippen MR) is 64.2 cm³/mol. The molecule has 1 atom stereocenters. The highest BCUT2D eigenvalue weighted by molar-refractivity contribution is 5.87. The number of hydrogen-bond donors (Lipinski definition) is 1. The number of rotatable bonds is 4. The SMILES string of the molecule is COc1cccc(CN2C(=O)CC[C@@H]2C(=O)O)c1. The van der Waals surface area contributed by atoms with Gasteiger partial charge < -0.3 is 14.7 Å². The van der Waals surface area contributed by atoms with Gasteiger partial charge in [-0.3, -0.25) is 4.79 Å². The maximum Gasteiger partial charge on any atom is 0.326 e. The van der Waals surface area contributed by atoms with Crippen LogP contribution in [-0.4, -0.2) is 35.0 Å². The lowest BCUT2D eigenvalue weighted by atomic mass is 10.1. The number of benzene rings is 1. The highest BCUT2D eigenvalue weighted by Crippen LogP contribution is 2.23. The fraction of sp³-hybridized carbons (Fsp3) is 0.385. The standard InChI is InChI=1S/C13H15NO4/c1-18-10-4-2-3-9(7-10)8-14-11(13(16)17)5-6-12(14)15/h2-4,7,11H,5-6,8H2,1H3,(H,16,17)/t11-/m1/s1. The number of likely N-dealkylation sites (tertiary alicyclic amines) is 1. The van der Waals surface area contributed by atoms with Crippen LogP contribution < -0.4 is 4.74 Å². The maximum absolute atomic E-state index is 11.7.